The number of hydrogen-bond donors (Lipinski definition) is 6. The predicted octanol–water partition coefficient (Wildman–Crippen LogP) is 0.495. The fourth-order valence-corrected chi connectivity index (χ4v) is 5.91. The van der Waals surface area contributed by atoms with E-state index >= 15 is 0 Å². The molecule has 0 radical (unpaired) electrons. The molecule has 1 fully saturated rings. The zero-order chi connectivity index (χ0) is 27.6. The number of ketones is 2. The van der Waals surface area contributed by atoms with Crippen molar-refractivity contribution < 1.29 is 34.8 Å². The summed E-state index contributed by atoms with van der Waals surface area (Å²) in [7, 11) is 3.13. The maximum absolute atomic E-state index is 13.8. The number of carbonyl (C=O) groups is 3. The highest BCUT2D eigenvalue weighted by Crippen LogP contribution is 2.52. The first-order valence-corrected chi connectivity index (χ1v) is 12.2. The van der Waals surface area contributed by atoms with E-state index in [4.69, 9.17) is 5.73 Å². The van der Waals surface area contributed by atoms with Crippen LogP contribution in [0, 0.1) is 17.3 Å². The number of primary amides is 1. The average Bonchev–Trinajstić information content (AvgIpc) is 2.76. The summed E-state index contributed by atoms with van der Waals surface area (Å²) in [5.74, 6) is -6.77. The lowest BCUT2D eigenvalue weighted by atomic mass is 9.57. The summed E-state index contributed by atoms with van der Waals surface area (Å²) in [5, 5.41) is 47.6. The number of pyridine rings is 1. The number of aromatic hydroxyl groups is 1. The summed E-state index contributed by atoms with van der Waals surface area (Å²) in [6.07, 6.45) is 1.44. The fraction of sp³-hybridized carbons (Fsp3) is 0.538. The van der Waals surface area contributed by atoms with Gasteiger partial charge in [-0.3, -0.25) is 24.3 Å². The van der Waals surface area contributed by atoms with Crippen molar-refractivity contribution in [2.24, 2.45) is 23.0 Å². The second-order valence-corrected chi connectivity index (χ2v) is 11.6. The van der Waals surface area contributed by atoms with Crippen molar-refractivity contribution in [2.75, 3.05) is 20.6 Å². The van der Waals surface area contributed by atoms with Crippen LogP contribution in [0.1, 0.15) is 44.0 Å². The van der Waals surface area contributed by atoms with Gasteiger partial charge in [0.15, 0.2) is 11.4 Å². The molecular formula is C26H34N4O7. The normalized spacial score (nSPS) is 27.8. The Bertz CT molecular complexity index is 1260. The Morgan fingerprint density at radius 3 is 2.46 bits per heavy atom. The molecule has 0 unspecified atom stereocenters. The Morgan fingerprint density at radius 1 is 1.24 bits per heavy atom. The molecule has 11 heteroatoms. The van der Waals surface area contributed by atoms with E-state index in [1.807, 2.05) is 0 Å². The molecule has 11 nitrogen and oxygen atoms in total. The van der Waals surface area contributed by atoms with E-state index in [1.54, 1.807) is 14.1 Å². The van der Waals surface area contributed by atoms with Gasteiger partial charge in [-0.25, -0.2) is 0 Å². The fourth-order valence-electron chi connectivity index (χ4n) is 5.91. The van der Waals surface area contributed by atoms with E-state index in [1.165, 1.54) is 11.1 Å². The number of amides is 1. The van der Waals surface area contributed by atoms with E-state index in [0.29, 0.717) is 24.3 Å². The number of hydrogen-bond acceptors (Lipinski definition) is 10. The van der Waals surface area contributed by atoms with Crippen molar-refractivity contribution in [3.63, 3.8) is 0 Å². The number of nitrogens with one attached hydrogen (secondary N) is 1. The highest BCUT2D eigenvalue weighted by Gasteiger charge is 2.64. The molecule has 4 rings (SSSR count). The van der Waals surface area contributed by atoms with Gasteiger partial charge in [0.05, 0.1) is 23.5 Å². The maximum Gasteiger partial charge on any atom is 0.255 e. The molecule has 0 saturated heterocycles. The van der Waals surface area contributed by atoms with Crippen LogP contribution in [-0.2, 0) is 27.3 Å². The van der Waals surface area contributed by atoms with Crippen molar-refractivity contribution in [1.82, 2.24) is 15.2 Å². The Hall–Kier alpha value is -3.28. The monoisotopic (exact) mass is 514 g/mol. The highest BCUT2D eigenvalue weighted by molar-refractivity contribution is 6.24. The number of likely N-dealkylation sites (N-methyl/N-ethyl adjacent to an activating group) is 1. The van der Waals surface area contributed by atoms with Crippen LogP contribution in [0.25, 0.3) is 5.76 Å². The van der Waals surface area contributed by atoms with Crippen molar-refractivity contribution in [3.8, 4) is 5.75 Å². The number of aromatic nitrogens is 1. The van der Waals surface area contributed by atoms with Gasteiger partial charge in [-0.15, -0.1) is 0 Å². The summed E-state index contributed by atoms with van der Waals surface area (Å²) in [4.78, 5) is 44.8. The number of nitrogens with two attached hydrogens (primary N) is 1. The summed E-state index contributed by atoms with van der Waals surface area (Å²) in [6, 6.07) is -1.12. The van der Waals surface area contributed by atoms with Gasteiger partial charge in [-0.1, -0.05) is 20.8 Å². The lowest BCUT2D eigenvalue weighted by Crippen LogP contribution is -2.65. The molecule has 0 aromatic carbocycles. The molecule has 3 aliphatic carbocycles. The molecular weight excluding hydrogens is 480 g/mol. The van der Waals surface area contributed by atoms with Gasteiger partial charge in [0.2, 0.25) is 5.78 Å². The van der Waals surface area contributed by atoms with E-state index in [-0.39, 0.29) is 35.1 Å². The molecule has 1 aromatic heterocycles. The molecule has 0 bridgehead atoms. The van der Waals surface area contributed by atoms with E-state index in [2.05, 4.69) is 31.1 Å². The number of rotatable bonds is 5. The van der Waals surface area contributed by atoms with Crippen LogP contribution in [0.4, 0.5) is 0 Å². The largest absolute Gasteiger partial charge is 0.508 e. The van der Waals surface area contributed by atoms with Crippen LogP contribution in [0.5, 0.6) is 5.75 Å². The molecule has 3 aliphatic rings. The molecule has 1 aromatic rings. The third-order valence-electron chi connectivity index (χ3n) is 7.51. The lowest BCUT2D eigenvalue weighted by Gasteiger charge is -2.50. The van der Waals surface area contributed by atoms with Crippen molar-refractivity contribution >= 4 is 23.2 Å². The predicted molar refractivity (Wildman–Crippen MR) is 133 cm³/mol. The SMILES string of the molecule is CN(C)[C@@H]1C(=O)C(C(N)=O)=C(O)[C@@]2(O)C(=O)C3=C(O)c4c(O)cnc(CNCC(C)(C)C)c4C[C@H]3C[C@@H]12. The second kappa shape index (κ2) is 8.93. The molecule has 1 saturated carbocycles. The molecule has 4 atom stereocenters. The molecule has 7 N–H and O–H groups in total. The number of fused-ring (bicyclic) bond motifs is 3. The van der Waals surface area contributed by atoms with Crippen LogP contribution < -0.4 is 11.1 Å². The van der Waals surface area contributed by atoms with Gasteiger partial charge in [-0.05, 0) is 43.8 Å². The molecule has 200 valence electrons. The lowest BCUT2D eigenvalue weighted by molar-refractivity contribution is -0.153. The third kappa shape index (κ3) is 4.11. The zero-order valence-electron chi connectivity index (χ0n) is 21.6. The van der Waals surface area contributed by atoms with E-state index in [9.17, 15) is 34.8 Å². The number of nitrogens with zero attached hydrogens (tertiary/aromatic N) is 2. The first kappa shape index (κ1) is 26.8. The van der Waals surface area contributed by atoms with Crippen LogP contribution in [0.15, 0.2) is 23.1 Å². The zero-order valence-corrected chi connectivity index (χ0v) is 21.6. The summed E-state index contributed by atoms with van der Waals surface area (Å²) in [5.41, 5.74) is 2.89. The minimum Gasteiger partial charge on any atom is -0.508 e. The Balaban J connectivity index is 1.86. The van der Waals surface area contributed by atoms with Crippen molar-refractivity contribution in [2.45, 2.75) is 51.8 Å². The molecule has 0 aliphatic heterocycles. The Kier molecular flexibility index (Phi) is 6.46. The van der Waals surface area contributed by atoms with Gasteiger partial charge in [0.1, 0.15) is 22.8 Å². The molecule has 1 amide bonds. The van der Waals surface area contributed by atoms with E-state index < -0.39 is 58.0 Å². The van der Waals surface area contributed by atoms with Gasteiger partial charge >= 0.3 is 0 Å². The topological polar surface area (TPSA) is 186 Å². The van der Waals surface area contributed by atoms with Crippen molar-refractivity contribution in [1.29, 1.82) is 0 Å². The summed E-state index contributed by atoms with van der Waals surface area (Å²) in [6.45, 7) is 7.29. The van der Waals surface area contributed by atoms with Gasteiger partial charge < -0.3 is 31.5 Å². The summed E-state index contributed by atoms with van der Waals surface area (Å²) < 4.78 is 0. The van der Waals surface area contributed by atoms with Crippen molar-refractivity contribution in [3.05, 3.63) is 39.9 Å². The number of carbonyl (C=O) groups excluding carboxylic acids is 3. The van der Waals surface area contributed by atoms with Gasteiger partial charge in [0.25, 0.3) is 5.91 Å². The third-order valence-corrected chi connectivity index (χ3v) is 7.51. The van der Waals surface area contributed by atoms with Gasteiger partial charge in [0, 0.05) is 24.6 Å². The first-order valence-electron chi connectivity index (χ1n) is 12.2. The minimum absolute atomic E-state index is 0.0143. The molecule has 0 spiro atoms. The Morgan fingerprint density at radius 2 is 1.89 bits per heavy atom. The number of aliphatic hydroxyl groups excluding tert-OH is 2. The second-order valence-electron chi connectivity index (χ2n) is 11.6. The molecule has 1 heterocycles. The standard InChI is InChI=1S/C26H34N4O7/c1-25(2,3)10-28-8-14-12-6-11-7-13-19(30(4)5)21(33)18(24(27)36)23(35)26(13,37)22(34)16(11)20(32)17(12)15(31)9-29-14/h9,11,13,19,28,31-32,35,37H,6-8,10H2,1-5H3,(H2,27,36)/t11-,13-,19-,26-/m0/s1. The van der Waals surface area contributed by atoms with Crippen LogP contribution >= 0.6 is 0 Å². The maximum atomic E-state index is 13.8. The Labute approximate surface area is 214 Å². The number of aliphatic hydroxyl groups is 3. The smallest absolute Gasteiger partial charge is 0.255 e. The molecule has 37 heavy (non-hydrogen) atoms. The quantitative estimate of drug-likeness (QED) is 0.302. The van der Waals surface area contributed by atoms with Crippen LogP contribution in [0.3, 0.4) is 0 Å². The minimum atomic E-state index is -2.65. The average molecular weight is 515 g/mol. The van der Waals surface area contributed by atoms with Crippen LogP contribution in [-0.4, -0.2) is 80.1 Å². The number of Topliss-reactive ketones (excluding diaryl/α,β-unsaturated/α-hetero) is 2. The summed E-state index contributed by atoms with van der Waals surface area (Å²) >= 11 is 0. The van der Waals surface area contributed by atoms with E-state index in [0.717, 1.165) is 0 Å². The van der Waals surface area contributed by atoms with Crippen LogP contribution in [0.2, 0.25) is 0 Å². The van der Waals surface area contributed by atoms with Gasteiger partial charge in [-0.2, -0.15) is 0 Å². The first-order chi connectivity index (χ1) is 17.1. The highest BCUT2D eigenvalue weighted by atomic mass is 16.3.